The first kappa shape index (κ1) is 11.7. The fourth-order valence-corrected chi connectivity index (χ4v) is 2.07. The van der Waals surface area contributed by atoms with Crippen molar-refractivity contribution in [1.82, 2.24) is 4.98 Å². The first-order chi connectivity index (χ1) is 8.24. The highest BCUT2D eigenvalue weighted by molar-refractivity contribution is 7.98. The van der Waals surface area contributed by atoms with Gasteiger partial charge in [0.15, 0.2) is 5.69 Å². The Morgan fingerprint density at radius 1 is 1.12 bits per heavy atom. The standard InChI is InChI=1S/C14H12N2S/c1-10-3-5-11(6-4-10)12-7-8-14(17-2)13(9-15)16-12/h3-8H,1-2H3. The Kier molecular flexibility index (Phi) is 3.46. The van der Waals surface area contributed by atoms with Crippen molar-refractivity contribution in [2.75, 3.05) is 6.26 Å². The van der Waals surface area contributed by atoms with Gasteiger partial charge in [-0.05, 0) is 25.3 Å². The summed E-state index contributed by atoms with van der Waals surface area (Å²) in [7, 11) is 0. The van der Waals surface area contributed by atoms with Crippen LogP contribution in [0.4, 0.5) is 0 Å². The van der Waals surface area contributed by atoms with E-state index in [2.05, 4.69) is 18.0 Å². The number of benzene rings is 1. The van der Waals surface area contributed by atoms with E-state index < -0.39 is 0 Å². The van der Waals surface area contributed by atoms with Gasteiger partial charge in [-0.25, -0.2) is 4.98 Å². The highest BCUT2D eigenvalue weighted by Gasteiger charge is 2.05. The van der Waals surface area contributed by atoms with Crippen LogP contribution in [-0.4, -0.2) is 11.2 Å². The molecular weight excluding hydrogens is 228 g/mol. The van der Waals surface area contributed by atoms with E-state index in [0.717, 1.165) is 16.2 Å². The predicted molar refractivity (Wildman–Crippen MR) is 70.9 cm³/mol. The van der Waals surface area contributed by atoms with Gasteiger partial charge in [-0.2, -0.15) is 5.26 Å². The lowest BCUT2D eigenvalue weighted by molar-refractivity contribution is 1.18. The third-order valence-electron chi connectivity index (χ3n) is 2.53. The van der Waals surface area contributed by atoms with Crippen LogP contribution in [0.3, 0.4) is 0 Å². The molecule has 1 aromatic carbocycles. The van der Waals surface area contributed by atoms with Crippen LogP contribution in [0.5, 0.6) is 0 Å². The van der Waals surface area contributed by atoms with Gasteiger partial charge in [0.05, 0.1) is 5.69 Å². The summed E-state index contributed by atoms with van der Waals surface area (Å²) >= 11 is 1.54. The van der Waals surface area contributed by atoms with E-state index in [0.29, 0.717) is 5.69 Å². The van der Waals surface area contributed by atoms with Crippen molar-refractivity contribution in [2.24, 2.45) is 0 Å². The zero-order valence-electron chi connectivity index (χ0n) is 9.77. The molecule has 17 heavy (non-hydrogen) atoms. The number of nitriles is 1. The lowest BCUT2D eigenvalue weighted by atomic mass is 10.1. The molecule has 0 N–H and O–H groups in total. The van der Waals surface area contributed by atoms with E-state index in [1.54, 1.807) is 11.8 Å². The van der Waals surface area contributed by atoms with Crippen LogP contribution in [0.15, 0.2) is 41.3 Å². The Morgan fingerprint density at radius 2 is 1.82 bits per heavy atom. The first-order valence-corrected chi connectivity index (χ1v) is 6.49. The van der Waals surface area contributed by atoms with Gasteiger partial charge in [-0.3, -0.25) is 0 Å². The number of nitrogens with zero attached hydrogens (tertiary/aromatic N) is 2. The maximum atomic E-state index is 9.04. The second-order valence-corrected chi connectivity index (χ2v) is 4.57. The van der Waals surface area contributed by atoms with E-state index in [4.69, 9.17) is 5.26 Å². The monoisotopic (exact) mass is 240 g/mol. The van der Waals surface area contributed by atoms with E-state index in [1.807, 2.05) is 42.7 Å². The zero-order valence-corrected chi connectivity index (χ0v) is 10.6. The number of rotatable bonds is 2. The minimum atomic E-state index is 0.496. The molecule has 0 saturated carbocycles. The van der Waals surface area contributed by atoms with Crippen molar-refractivity contribution >= 4 is 11.8 Å². The average molecular weight is 240 g/mol. The molecule has 1 aromatic heterocycles. The van der Waals surface area contributed by atoms with E-state index >= 15 is 0 Å². The predicted octanol–water partition coefficient (Wildman–Crippen LogP) is 3.65. The molecule has 2 aromatic rings. The highest BCUT2D eigenvalue weighted by Crippen LogP contribution is 2.23. The number of aryl methyl sites for hydroxylation is 1. The maximum Gasteiger partial charge on any atom is 0.154 e. The van der Waals surface area contributed by atoms with Gasteiger partial charge in [0.1, 0.15) is 6.07 Å². The molecule has 0 fully saturated rings. The number of hydrogen-bond donors (Lipinski definition) is 0. The lowest BCUT2D eigenvalue weighted by Gasteiger charge is -2.04. The first-order valence-electron chi connectivity index (χ1n) is 5.27. The molecule has 0 aliphatic carbocycles. The summed E-state index contributed by atoms with van der Waals surface area (Å²) in [6.45, 7) is 2.05. The van der Waals surface area contributed by atoms with Crippen LogP contribution in [-0.2, 0) is 0 Å². The van der Waals surface area contributed by atoms with Gasteiger partial charge in [0, 0.05) is 10.5 Å². The second-order valence-electron chi connectivity index (χ2n) is 3.73. The molecule has 0 spiro atoms. The number of aromatic nitrogens is 1. The SMILES string of the molecule is CSc1ccc(-c2ccc(C)cc2)nc1C#N. The fraction of sp³-hybridized carbons (Fsp3) is 0.143. The Balaban J connectivity index is 2.47. The van der Waals surface area contributed by atoms with Crippen LogP contribution in [0.1, 0.15) is 11.3 Å². The highest BCUT2D eigenvalue weighted by atomic mass is 32.2. The lowest BCUT2D eigenvalue weighted by Crippen LogP contribution is -1.90. The maximum absolute atomic E-state index is 9.04. The zero-order chi connectivity index (χ0) is 12.3. The molecule has 2 nitrogen and oxygen atoms in total. The summed E-state index contributed by atoms with van der Waals surface area (Å²) in [5.41, 5.74) is 3.60. The molecule has 0 aliphatic heterocycles. The van der Waals surface area contributed by atoms with Crippen LogP contribution >= 0.6 is 11.8 Å². The molecule has 0 aliphatic rings. The minimum Gasteiger partial charge on any atom is -0.236 e. The topological polar surface area (TPSA) is 36.7 Å². The fourth-order valence-electron chi connectivity index (χ4n) is 1.58. The van der Waals surface area contributed by atoms with Gasteiger partial charge in [0.25, 0.3) is 0 Å². The summed E-state index contributed by atoms with van der Waals surface area (Å²) in [4.78, 5) is 5.30. The Bertz CT molecular complexity index is 568. The summed E-state index contributed by atoms with van der Waals surface area (Å²) in [5.74, 6) is 0. The van der Waals surface area contributed by atoms with Gasteiger partial charge < -0.3 is 0 Å². The molecule has 0 saturated heterocycles. The molecule has 1 heterocycles. The molecule has 0 amide bonds. The smallest absolute Gasteiger partial charge is 0.154 e. The number of hydrogen-bond acceptors (Lipinski definition) is 3. The van der Waals surface area contributed by atoms with E-state index in [9.17, 15) is 0 Å². The van der Waals surface area contributed by atoms with Crippen molar-refractivity contribution < 1.29 is 0 Å². The van der Waals surface area contributed by atoms with Crippen molar-refractivity contribution in [2.45, 2.75) is 11.8 Å². The van der Waals surface area contributed by atoms with Crippen LogP contribution < -0.4 is 0 Å². The molecule has 0 atom stereocenters. The summed E-state index contributed by atoms with van der Waals surface area (Å²) in [5, 5.41) is 9.04. The number of thioether (sulfide) groups is 1. The Morgan fingerprint density at radius 3 is 2.41 bits per heavy atom. The minimum absolute atomic E-state index is 0.496. The summed E-state index contributed by atoms with van der Waals surface area (Å²) < 4.78 is 0. The van der Waals surface area contributed by atoms with Crippen LogP contribution in [0, 0.1) is 18.3 Å². The largest absolute Gasteiger partial charge is 0.236 e. The van der Waals surface area contributed by atoms with Crippen molar-refractivity contribution in [1.29, 1.82) is 5.26 Å². The van der Waals surface area contributed by atoms with Crippen molar-refractivity contribution in [3.63, 3.8) is 0 Å². The third kappa shape index (κ3) is 2.48. The van der Waals surface area contributed by atoms with E-state index in [-0.39, 0.29) is 0 Å². The molecule has 3 heteroatoms. The van der Waals surface area contributed by atoms with Gasteiger partial charge in [0.2, 0.25) is 0 Å². The quantitative estimate of drug-likeness (QED) is 0.752. The normalized spacial score (nSPS) is 9.94. The molecule has 0 radical (unpaired) electrons. The average Bonchev–Trinajstić information content (AvgIpc) is 2.39. The van der Waals surface area contributed by atoms with Crippen molar-refractivity contribution in [3.8, 4) is 17.3 Å². The van der Waals surface area contributed by atoms with Gasteiger partial charge in [-0.1, -0.05) is 29.8 Å². The summed E-state index contributed by atoms with van der Waals surface area (Å²) in [6, 6.07) is 14.2. The van der Waals surface area contributed by atoms with E-state index in [1.165, 1.54) is 5.56 Å². The Labute approximate surface area is 105 Å². The second kappa shape index (κ2) is 5.03. The summed E-state index contributed by atoms with van der Waals surface area (Å²) in [6.07, 6.45) is 1.95. The molecular formula is C14H12N2S. The van der Waals surface area contributed by atoms with Crippen molar-refractivity contribution in [3.05, 3.63) is 47.7 Å². The van der Waals surface area contributed by atoms with Gasteiger partial charge in [-0.15, -0.1) is 11.8 Å². The number of pyridine rings is 1. The molecule has 2 rings (SSSR count). The van der Waals surface area contributed by atoms with Crippen LogP contribution in [0.2, 0.25) is 0 Å². The van der Waals surface area contributed by atoms with Gasteiger partial charge >= 0.3 is 0 Å². The molecule has 0 bridgehead atoms. The molecule has 0 unspecified atom stereocenters. The Hall–Kier alpha value is -1.79. The van der Waals surface area contributed by atoms with Crippen LogP contribution in [0.25, 0.3) is 11.3 Å². The molecule has 84 valence electrons. The third-order valence-corrected chi connectivity index (χ3v) is 3.30.